The van der Waals surface area contributed by atoms with E-state index in [1.165, 1.54) is 4.88 Å². The summed E-state index contributed by atoms with van der Waals surface area (Å²) >= 11 is 1.71. The fourth-order valence-electron chi connectivity index (χ4n) is 1.67. The fraction of sp³-hybridized carbons (Fsp3) is 0.462. The number of hydrogen-bond donors (Lipinski definition) is 1. The average Bonchev–Trinajstić information content (AvgIpc) is 2.86. The van der Waals surface area contributed by atoms with Crippen molar-refractivity contribution in [2.75, 3.05) is 6.54 Å². The highest BCUT2D eigenvalue weighted by Gasteiger charge is 2.13. The van der Waals surface area contributed by atoms with Crippen LogP contribution in [0.2, 0.25) is 0 Å². The minimum absolute atomic E-state index is 0.500. The smallest absolute Gasteiger partial charge is 0.162 e. The molecule has 4 heteroatoms. The Morgan fingerprint density at radius 2 is 2.18 bits per heavy atom. The Balaban J connectivity index is 2.24. The van der Waals surface area contributed by atoms with Gasteiger partial charge in [-0.05, 0) is 44.9 Å². The van der Waals surface area contributed by atoms with Gasteiger partial charge in [-0.1, -0.05) is 6.92 Å². The van der Waals surface area contributed by atoms with Gasteiger partial charge in [0.25, 0.3) is 0 Å². The lowest BCUT2D eigenvalue weighted by molar-refractivity contribution is 0.548. The number of nitrogens with zero attached hydrogens (tertiary/aromatic N) is 1. The largest absolute Gasteiger partial charge is 0.459 e. The van der Waals surface area contributed by atoms with Crippen LogP contribution in [0.5, 0.6) is 0 Å². The zero-order chi connectivity index (χ0) is 12.4. The van der Waals surface area contributed by atoms with Crippen LogP contribution in [-0.4, -0.2) is 11.5 Å². The first-order valence-corrected chi connectivity index (χ1v) is 6.65. The summed E-state index contributed by atoms with van der Waals surface area (Å²) in [5.41, 5.74) is 6.75. The molecule has 17 heavy (non-hydrogen) atoms. The fourth-order valence-corrected chi connectivity index (χ4v) is 2.86. The molecule has 2 heterocycles. The van der Waals surface area contributed by atoms with E-state index in [2.05, 4.69) is 11.9 Å². The predicted molar refractivity (Wildman–Crippen MR) is 71.2 cm³/mol. The third-order valence-corrected chi connectivity index (χ3v) is 3.97. The van der Waals surface area contributed by atoms with Crippen molar-refractivity contribution in [2.24, 2.45) is 11.7 Å². The van der Waals surface area contributed by atoms with E-state index in [0.29, 0.717) is 12.5 Å². The van der Waals surface area contributed by atoms with E-state index < -0.39 is 0 Å². The Morgan fingerprint density at radius 3 is 2.76 bits per heavy atom. The van der Waals surface area contributed by atoms with Gasteiger partial charge in [0.1, 0.15) is 5.76 Å². The van der Waals surface area contributed by atoms with Crippen molar-refractivity contribution in [2.45, 2.75) is 27.2 Å². The zero-order valence-corrected chi connectivity index (χ0v) is 11.3. The van der Waals surface area contributed by atoms with Crippen molar-refractivity contribution in [3.05, 3.63) is 28.5 Å². The highest BCUT2D eigenvalue weighted by atomic mass is 32.1. The second-order valence-corrected chi connectivity index (χ2v) is 5.57. The van der Waals surface area contributed by atoms with Gasteiger partial charge in [-0.25, -0.2) is 4.98 Å². The van der Waals surface area contributed by atoms with Gasteiger partial charge in [0.05, 0.1) is 5.69 Å². The van der Waals surface area contributed by atoms with E-state index >= 15 is 0 Å². The summed E-state index contributed by atoms with van der Waals surface area (Å²) in [5, 5.41) is 0.967. The van der Waals surface area contributed by atoms with Crippen LogP contribution < -0.4 is 5.73 Å². The maximum atomic E-state index is 5.66. The third-order valence-electron chi connectivity index (χ3n) is 2.78. The summed E-state index contributed by atoms with van der Waals surface area (Å²) in [7, 11) is 0. The van der Waals surface area contributed by atoms with E-state index in [1.54, 1.807) is 11.3 Å². The summed E-state index contributed by atoms with van der Waals surface area (Å²) in [6.07, 6.45) is 1.000. The van der Waals surface area contributed by atoms with Crippen molar-refractivity contribution in [3.63, 3.8) is 0 Å². The van der Waals surface area contributed by atoms with E-state index in [-0.39, 0.29) is 0 Å². The first kappa shape index (κ1) is 12.3. The monoisotopic (exact) mass is 250 g/mol. The minimum Gasteiger partial charge on any atom is -0.459 e. The molecule has 1 unspecified atom stereocenters. The van der Waals surface area contributed by atoms with Gasteiger partial charge in [0, 0.05) is 4.88 Å². The van der Waals surface area contributed by atoms with Crippen LogP contribution in [0.15, 0.2) is 16.5 Å². The Kier molecular flexibility index (Phi) is 3.64. The van der Waals surface area contributed by atoms with Crippen LogP contribution in [0.25, 0.3) is 10.8 Å². The van der Waals surface area contributed by atoms with Gasteiger partial charge in [-0.3, -0.25) is 0 Å². The average molecular weight is 250 g/mol. The van der Waals surface area contributed by atoms with Crippen LogP contribution in [-0.2, 0) is 6.42 Å². The summed E-state index contributed by atoms with van der Waals surface area (Å²) < 4.78 is 5.59. The highest BCUT2D eigenvalue weighted by Crippen LogP contribution is 2.30. The number of hydrogen-bond acceptors (Lipinski definition) is 4. The summed E-state index contributed by atoms with van der Waals surface area (Å²) in [6, 6.07) is 3.94. The molecule has 1 atom stereocenters. The molecule has 0 spiro atoms. The standard InChI is InChI=1S/C13H18N2OS/c1-8(7-14)6-12-10(3)15-13(17-12)11-5-4-9(2)16-11/h4-5,8H,6-7,14H2,1-3H3. The van der Waals surface area contributed by atoms with Gasteiger partial charge in [-0.15, -0.1) is 11.3 Å². The molecule has 0 bridgehead atoms. The third kappa shape index (κ3) is 2.76. The highest BCUT2D eigenvalue weighted by molar-refractivity contribution is 7.15. The van der Waals surface area contributed by atoms with Gasteiger partial charge >= 0.3 is 0 Å². The molecule has 92 valence electrons. The Hall–Kier alpha value is -1.13. The van der Waals surface area contributed by atoms with Crippen LogP contribution in [0.4, 0.5) is 0 Å². The summed E-state index contributed by atoms with van der Waals surface area (Å²) in [6.45, 7) is 6.87. The quantitative estimate of drug-likeness (QED) is 0.906. The van der Waals surface area contributed by atoms with Crippen molar-refractivity contribution in [3.8, 4) is 10.8 Å². The molecule has 3 nitrogen and oxygen atoms in total. The maximum absolute atomic E-state index is 5.66. The number of aromatic nitrogens is 1. The normalized spacial score (nSPS) is 12.9. The Morgan fingerprint density at radius 1 is 1.41 bits per heavy atom. The van der Waals surface area contributed by atoms with Gasteiger partial charge in [0.2, 0.25) is 0 Å². The Labute approximate surface area is 106 Å². The molecule has 0 aliphatic heterocycles. The molecule has 2 N–H and O–H groups in total. The molecule has 0 fully saturated rings. The van der Waals surface area contributed by atoms with Gasteiger partial charge in [-0.2, -0.15) is 0 Å². The van der Waals surface area contributed by atoms with E-state index in [1.807, 2.05) is 26.0 Å². The lowest BCUT2D eigenvalue weighted by Gasteiger charge is -2.05. The maximum Gasteiger partial charge on any atom is 0.162 e. The van der Waals surface area contributed by atoms with Crippen molar-refractivity contribution in [1.82, 2.24) is 4.98 Å². The molecule has 2 aromatic rings. The number of thiazole rings is 1. The molecule has 0 aliphatic carbocycles. The van der Waals surface area contributed by atoms with Crippen LogP contribution in [0.3, 0.4) is 0 Å². The van der Waals surface area contributed by atoms with Gasteiger partial charge < -0.3 is 10.2 Å². The van der Waals surface area contributed by atoms with Gasteiger partial charge in [0.15, 0.2) is 10.8 Å². The second kappa shape index (κ2) is 5.02. The zero-order valence-electron chi connectivity index (χ0n) is 10.5. The van der Waals surface area contributed by atoms with Crippen molar-refractivity contribution >= 4 is 11.3 Å². The first-order chi connectivity index (χ1) is 8.10. The molecule has 0 saturated carbocycles. The molecular formula is C13H18N2OS. The number of nitrogens with two attached hydrogens (primary N) is 1. The SMILES string of the molecule is Cc1ccc(-c2nc(C)c(CC(C)CN)s2)o1. The van der Waals surface area contributed by atoms with Crippen LogP contribution in [0, 0.1) is 19.8 Å². The molecule has 0 amide bonds. The molecule has 0 saturated heterocycles. The van der Waals surface area contributed by atoms with Crippen molar-refractivity contribution < 1.29 is 4.42 Å². The van der Waals surface area contributed by atoms with E-state index in [0.717, 1.165) is 28.6 Å². The number of aryl methyl sites for hydroxylation is 2. The molecular weight excluding hydrogens is 232 g/mol. The van der Waals surface area contributed by atoms with E-state index in [9.17, 15) is 0 Å². The Bertz CT molecular complexity index is 501. The number of furan rings is 1. The van der Waals surface area contributed by atoms with E-state index in [4.69, 9.17) is 10.2 Å². The van der Waals surface area contributed by atoms with Crippen LogP contribution in [0.1, 0.15) is 23.3 Å². The summed E-state index contributed by atoms with van der Waals surface area (Å²) in [4.78, 5) is 5.88. The topological polar surface area (TPSA) is 52.0 Å². The number of rotatable bonds is 4. The lowest BCUT2D eigenvalue weighted by atomic mass is 10.1. The molecule has 0 aliphatic rings. The molecule has 2 aromatic heterocycles. The molecule has 0 radical (unpaired) electrons. The predicted octanol–water partition coefficient (Wildman–Crippen LogP) is 3.16. The first-order valence-electron chi connectivity index (χ1n) is 5.83. The summed E-state index contributed by atoms with van der Waals surface area (Å²) in [5.74, 6) is 2.28. The lowest BCUT2D eigenvalue weighted by Crippen LogP contribution is -2.12. The van der Waals surface area contributed by atoms with Crippen molar-refractivity contribution in [1.29, 1.82) is 0 Å². The molecule has 2 rings (SSSR count). The second-order valence-electron chi connectivity index (χ2n) is 4.48. The minimum atomic E-state index is 0.500. The molecule has 0 aromatic carbocycles. The van der Waals surface area contributed by atoms with Crippen LogP contribution >= 0.6 is 11.3 Å².